The molecule has 1 aliphatic rings. The Hall–Kier alpha value is -2.36. The summed E-state index contributed by atoms with van der Waals surface area (Å²) in [5, 5.41) is 0. The number of benzene rings is 1. The molecule has 1 aromatic carbocycles. The van der Waals surface area contributed by atoms with Crippen molar-refractivity contribution in [3.63, 3.8) is 0 Å². The van der Waals surface area contributed by atoms with Gasteiger partial charge in [0.2, 0.25) is 5.88 Å². The average Bonchev–Trinajstić information content (AvgIpc) is 2.55. The minimum Gasteiger partial charge on any atom is -0.478 e. The summed E-state index contributed by atoms with van der Waals surface area (Å²) in [5.74, 6) is 0.749. The summed E-state index contributed by atoms with van der Waals surface area (Å²) in [6, 6.07) is 11.6. The van der Waals surface area contributed by atoms with Gasteiger partial charge >= 0.3 is 0 Å². The van der Waals surface area contributed by atoms with Crippen molar-refractivity contribution in [3.8, 4) is 5.88 Å². The van der Waals surface area contributed by atoms with Crippen molar-refractivity contribution in [3.05, 3.63) is 58.8 Å². The van der Waals surface area contributed by atoms with Crippen LogP contribution in [0.2, 0.25) is 0 Å². The second-order valence-corrected chi connectivity index (χ2v) is 5.53. The number of hydrogen-bond acceptors (Lipinski definition) is 3. The van der Waals surface area contributed by atoms with Crippen molar-refractivity contribution in [1.82, 2.24) is 9.88 Å². The summed E-state index contributed by atoms with van der Waals surface area (Å²) in [7, 11) is 0. The minimum atomic E-state index is 0.0829. The summed E-state index contributed by atoms with van der Waals surface area (Å²) < 4.78 is 5.44. The first-order valence-corrected chi connectivity index (χ1v) is 7.65. The maximum absolute atomic E-state index is 12.6. The number of amides is 1. The highest BCUT2D eigenvalue weighted by Crippen LogP contribution is 2.22. The molecule has 0 saturated heterocycles. The molecule has 0 bridgehead atoms. The molecule has 0 aliphatic carbocycles. The predicted molar refractivity (Wildman–Crippen MR) is 85.0 cm³/mol. The van der Waals surface area contributed by atoms with Crippen molar-refractivity contribution in [2.45, 2.75) is 26.8 Å². The Labute approximate surface area is 130 Å². The Morgan fingerprint density at radius 1 is 1.23 bits per heavy atom. The van der Waals surface area contributed by atoms with Crippen LogP contribution in [0.15, 0.2) is 36.4 Å². The number of carbonyl (C=O) groups is 1. The van der Waals surface area contributed by atoms with E-state index in [0.29, 0.717) is 25.6 Å². The standard InChI is InChI=1S/C18H20N2O2/c1-3-22-17-9-8-15-12-20(11-10-16(15)19-17)18(21)14-6-4-13(2)5-7-14/h4-9H,3,10-12H2,1-2H3. The molecule has 1 aliphatic heterocycles. The maximum atomic E-state index is 12.6. The fourth-order valence-corrected chi connectivity index (χ4v) is 2.68. The Bertz CT molecular complexity index is 680. The number of aryl methyl sites for hydroxylation is 1. The number of fused-ring (bicyclic) bond motifs is 1. The van der Waals surface area contributed by atoms with Gasteiger partial charge in [-0.2, -0.15) is 0 Å². The number of aromatic nitrogens is 1. The first-order valence-electron chi connectivity index (χ1n) is 7.65. The van der Waals surface area contributed by atoms with E-state index in [4.69, 9.17) is 4.74 Å². The molecular weight excluding hydrogens is 276 g/mol. The predicted octanol–water partition coefficient (Wildman–Crippen LogP) is 2.99. The van der Waals surface area contributed by atoms with Crippen LogP contribution < -0.4 is 4.74 Å². The third kappa shape index (κ3) is 2.96. The summed E-state index contributed by atoms with van der Waals surface area (Å²) in [5.41, 5.74) is 4.05. The highest BCUT2D eigenvalue weighted by atomic mass is 16.5. The molecule has 2 aromatic rings. The summed E-state index contributed by atoms with van der Waals surface area (Å²) in [6.45, 7) is 5.89. The van der Waals surface area contributed by atoms with Gasteiger partial charge in [-0.05, 0) is 31.5 Å². The van der Waals surface area contributed by atoms with Gasteiger partial charge in [0.15, 0.2) is 0 Å². The maximum Gasteiger partial charge on any atom is 0.254 e. The van der Waals surface area contributed by atoms with E-state index >= 15 is 0 Å². The third-order valence-corrected chi connectivity index (χ3v) is 3.90. The second-order valence-electron chi connectivity index (χ2n) is 5.53. The molecule has 0 radical (unpaired) electrons. The number of nitrogens with zero attached hydrogens (tertiary/aromatic N) is 2. The first kappa shape index (κ1) is 14.6. The normalized spacial score (nSPS) is 13.6. The zero-order valence-electron chi connectivity index (χ0n) is 13.0. The molecule has 0 spiro atoms. The average molecular weight is 296 g/mol. The van der Waals surface area contributed by atoms with Crippen molar-refractivity contribution < 1.29 is 9.53 Å². The third-order valence-electron chi connectivity index (χ3n) is 3.90. The minimum absolute atomic E-state index is 0.0829. The number of carbonyl (C=O) groups excluding carboxylic acids is 1. The van der Waals surface area contributed by atoms with E-state index in [1.54, 1.807) is 0 Å². The second kappa shape index (κ2) is 6.18. The Morgan fingerprint density at radius 2 is 2.00 bits per heavy atom. The molecule has 114 valence electrons. The van der Waals surface area contributed by atoms with Gasteiger partial charge in [-0.25, -0.2) is 4.98 Å². The molecule has 0 fully saturated rings. The Morgan fingerprint density at radius 3 is 2.73 bits per heavy atom. The smallest absolute Gasteiger partial charge is 0.254 e. The van der Waals surface area contributed by atoms with Gasteiger partial charge in [0, 0.05) is 31.1 Å². The molecule has 4 nitrogen and oxygen atoms in total. The van der Waals surface area contributed by atoms with Crippen LogP contribution in [0.5, 0.6) is 5.88 Å². The van der Waals surface area contributed by atoms with Crippen molar-refractivity contribution in [1.29, 1.82) is 0 Å². The lowest BCUT2D eigenvalue weighted by Crippen LogP contribution is -2.36. The zero-order chi connectivity index (χ0) is 15.5. The van der Waals surface area contributed by atoms with Crippen LogP contribution >= 0.6 is 0 Å². The van der Waals surface area contributed by atoms with Gasteiger partial charge in [-0.3, -0.25) is 4.79 Å². The number of ether oxygens (including phenoxy) is 1. The molecule has 1 aromatic heterocycles. The van der Waals surface area contributed by atoms with E-state index in [1.807, 2.05) is 55.1 Å². The molecular formula is C18H20N2O2. The molecule has 0 saturated carbocycles. The van der Waals surface area contributed by atoms with E-state index in [9.17, 15) is 4.79 Å². The number of rotatable bonds is 3. The largest absolute Gasteiger partial charge is 0.478 e. The van der Waals surface area contributed by atoms with Crippen LogP contribution in [0.4, 0.5) is 0 Å². The number of pyridine rings is 1. The molecule has 0 N–H and O–H groups in total. The van der Waals surface area contributed by atoms with Crippen molar-refractivity contribution in [2.75, 3.05) is 13.2 Å². The van der Waals surface area contributed by atoms with Crippen molar-refractivity contribution in [2.24, 2.45) is 0 Å². The van der Waals surface area contributed by atoms with Gasteiger partial charge in [-0.15, -0.1) is 0 Å². The van der Waals surface area contributed by atoms with Gasteiger partial charge in [0.05, 0.1) is 12.3 Å². The Kier molecular flexibility index (Phi) is 4.09. The van der Waals surface area contributed by atoms with Gasteiger partial charge < -0.3 is 9.64 Å². The quantitative estimate of drug-likeness (QED) is 0.874. The SMILES string of the molecule is CCOc1ccc2c(n1)CCN(C(=O)c1ccc(C)cc1)C2. The van der Waals surface area contributed by atoms with E-state index in [0.717, 1.165) is 28.8 Å². The van der Waals surface area contributed by atoms with Crippen LogP contribution in [-0.2, 0) is 13.0 Å². The number of hydrogen-bond donors (Lipinski definition) is 0. The zero-order valence-corrected chi connectivity index (χ0v) is 13.0. The molecule has 2 heterocycles. The van der Waals surface area contributed by atoms with Gasteiger partial charge in [0.25, 0.3) is 5.91 Å². The van der Waals surface area contributed by atoms with E-state index < -0.39 is 0 Å². The lowest BCUT2D eigenvalue weighted by molar-refractivity contribution is 0.0733. The Balaban J connectivity index is 1.76. The fourth-order valence-electron chi connectivity index (χ4n) is 2.68. The van der Waals surface area contributed by atoms with Crippen molar-refractivity contribution >= 4 is 5.91 Å². The molecule has 1 amide bonds. The summed E-state index contributed by atoms with van der Waals surface area (Å²) in [6.07, 6.45) is 0.772. The topological polar surface area (TPSA) is 42.4 Å². The van der Waals surface area contributed by atoms with Crippen LogP contribution in [0, 0.1) is 6.92 Å². The summed E-state index contributed by atoms with van der Waals surface area (Å²) >= 11 is 0. The molecule has 22 heavy (non-hydrogen) atoms. The fraction of sp³-hybridized carbons (Fsp3) is 0.333. The highest BCUT2D eigenvalue weighted by molar-refractivity contribution is 5.94. The van der Waals surface area contributed by atoms with Crippen LogP contribution in [0.25, 0.3) is 0 Å². The first-order chi connectivity index (χ1) is 10.7. The molecule has 0 unspecified atom stereocenters. The highest BCUT2D eigenvalue weighted by Gasteiger charge is 2.22. The lowest BCUT2D eigenvalue weighted by atomic mass is 10.0. The van der Waals surface area contributed by atoms with Gasteiger partial charge in [-0.1, -0.05) is 23.8 Å². The summed E-state index contributed by atoms with van der Waals surface area (Å²) in [4.78, 5) is 19.0. The van der Waals surface area contributed by atoms with E-state index in [2.05, 4.69) is 4.98 Å². The van der Waals surface area contributed by atoms with E-state index in [1.165, 1.54) is 0 Å². The van der Waals surface area contributed by atoms with Crippen LogP contribution in [-0.4, -0.2) is 28.9 Å². The monoisotopic (exact) mass is 296 g/mol. The molecule has 3 rings (SSSR count). The van der Waals surface area contributed by atoms with E-state index in [-0.39, 0.29) is 5.91 Å². The molecule has 4 heteroatoms. The van der Waals surface area contributed by atoms with Crippen LogP contribution in [0.1, 0.15) is 34.1 Å². The molecule has 0 atom stereocenters. The van der Waals surface area contributed by atoms with Gasteiger partial charge in [0.1, 0.15) is 0 Å². The van der Waals surface area contributed by atoms with Crippen LogP contribution in [0.3, 0.4) is 0 Å². The lowest BCUT2D eigenvalue weighted by Gasteiger charge is -2.28.